The number of hydrogen-bond donors (Lipinski definition) is 1. The van der Waals surface area contributed by atoms with Crippen LogP contribution in [0.1, 0.15) is 18.4 Å². The predicted molar refractivity (Wildman–Crippen MR) is 146 cm³/mol. The van der Waals surface area contributed by atoms with Crippen molar-refractivity contribution in [2.24, 2.45) is 0 Å². The highest BCUT2D eigenvalue weighted by Gasteiger charge is 2.24. The number of imidazole rings is 1. The molecule has 2 aromatic carbocycles. The minimum Gasteiger partial charge on any atom is -0.496 e. The second-order valence-electron chi connectivity index (χ2n) is 9.09. The van der Waals surface area contributed by atoms with Crippen LogP contribution in [0.4, 0.5) is 5.69 Å². The average molecular weight is 541 g/mol. The lowest BCUT2D eigenvalue weighted by atomic mass is 10.1. The van der Waals surface area contributed by atoms with Gasteiger partial charge in [0, 0.05) is 54.9 Å². The summed E-state index contributed by atoms with van der Waals surface area (Å²) in [5.74, 6) is 1.16. The standard InChI is InChI=1S/C27H29ClN4O4S/c1-35-25-16-26(36-2)23(28)15-22(25)24-17-32-13-10-21(14-27(32)29-24)31-11-8-20(9-12-31)30-37(33,34)18-19-6-4-3-5-7-19/h3-7,10,13-17,20,30H,8-9,11-12,18H2,1-2H3. The summed E-state index contributed by atoms with van der Waals surface area (Å²) in [6.45, 7) is 1.51. The Labute approximate surface area is 221 Å². The number of halogens is 1. The molecule has 0 spiro atoms. The van der Waals surface area contributed by atoms with Gasteiger partial charge in [-0.2, -0.15) is 0 Å². The monoisotopic (exact) mass is 540 g/mol. The van der Waals surface area contributed by atoms with Gasteiger partial charge in [0.25, 0.3) is 0 Å². The number of anilines is 1. The average Bonchev–Trinajstić information content (AvgIpc) is 3.32. The molecule has 1 aliphatic heterocycles. The summed E-state index contributed by atoms with van der Waals surface area (Å²) in [7, 11) is -0.224. The van der Waals surface area contributed by atoms with Crippen molar-refractivity contribution >= 4 is 33.0 Å². The second kappa shape index (κ2) is 10.6. The van der Waals surface area contributed by atoms with Crippen LogP contribution < -0.4 is 19.1 Å². The van der Waals surface area contributed by atoms with Gasteiger partial charge in [-0.05, 0) is 30.5 Å². The zero-order chi connectivity index (χ0) is 26.0. The first-order valence-electron chi connectivity index (χ1n) is 12.0. The van der Waals surface area contributed by atoms with E-state index in [4.69, 9.17) is 26.1 Å². The Hall–Kier alpha value is -3.27. The molecule has 0 saturated carbocycles. The van der Waals surface area contributed by atoms with Gasteiger partial charge in [-0.1, -0.05) is 41.9 Å². The van der Waals surface area contributed by atoms with Crippen molar-refractivity contribution in [1.29, 1.82) is 0 Å². The van der Waals surface area contributed by atoms with Crippen LogP contribution in [0.15, 0.2) is 67.0 Å². The Bertz CT molecular complexity index is 1500. The van der Waals surface area contributed by atoms with Crippen LogP contribution in [-0.4, -0.2) is 51.2 Å². The molecule has 8 nitrogen and oxygen atoms in total. The minimum absolute atomic E-state index is 0.00285. The third-order valence-corrected chi connectivity index (χ3v) is 8.30. The number of piperidine rings is 1. The van der Waals surface area contributed by atoms with Crippen molar-refractivity contribution in [3.8, 4) is 22.8 Å². The lowest BCUT2D eigenvalue weighted by molar-refractivity contribution is 0.395. The first-order valence-corrected chi connectivity index (χ1v) is 14.1. The molecule has 37 heavy (non-hydrogen) atoms. The van der Waals surface area contributed by atoms with Gasteiger partial charge in [0.2, 0.25) is 10.0 Å². The Balaban J connectivity index is 1.27. The molecule has 5 rings (SSSR count). The number of rotatable bonds is 8. The van der Waals surface area contributed by atoms with Gasteiger partial charge < -0.3 is 18.8 Å². The van der Waals surface area contributed by atoms with Gasteiger partial charge in [0.05, 0.1) is 30.7 Å². The Morgan fingerprint density at radius 3 is 2.46 bits per heavy atom. The maximum Gasteiger partial charge on any atom is 0.216 e. The van der Waals surface area contributed by atoms with Gasteiger partial charge in [-0.3, -0.25) is 0 Å². The number of sulfonamides is 1. The van der Waals surface area contributed by atoms with Gasteiger partial charge in [-0.25, -0.2) is 18.1 Å². The highest BCUT2D eigenvalue weighted by Crippen LogP contribution is 2.38. The highest BCUT2D eigenvalue weighted by atomic mass is 35.5. The predicted octanol–water partition coefficient (Wildman–Crippen LogP) is 4.76. The number of nitrogens with one attached hydrogen (secondary N) is 1. The number of aromatic nitrogens is 2. The van der Waals surface area contributed by atoms with Crippen molar-refractivity contribution in [3.63, 3.8) is 0 Å². The lowest BCUT2D eigenvalue weighted by Crippen LogP contribution is -2.45. The molecular weight excluding hydrogens is 512 g/mol. The van der Waals surface area contributed by atoms with Gasteiger partial charge in [0.1, 0.15) is 17.1 Å². The molecule has 1 fully saturated rings. The van der Waals surface area contributed by atoms with Crippen molar-refractivity contribution in [3.05, 3.63) is 77.6 Å². The Morgan fingerprint density at radius 2 is 1.76 bits per heavy atom. The largest absolute Gasteiger partial charge is 0.496 e. The molecule has 4 aromatic rings. The minimum atomic E-state index is -3.39. The molecule has 3 heterocycles. The van der Waals surface area contributed by atoms with Crippen LogP contribution in [0.3, 0.4) is 0 Å². The number of methoxy groups -OCH3 is 2. The van der Waals surface area contributed by atoms with Gasteiger partial charge >= 0.3 is 0 Å². The zero-order valence-electron chi connectivity index (χ0n) is 20.7. The highest BCUT2D eigenvalue weighted by molar-refractivity contribution is 7.88. The van der Waals surface area contributed by atoms with E-state index in [1.54, 1.807) is 26.4 Å². The van der Waals surface area contributed by atoms with E-state index in [-0.39, 0.29) is 11.8 Å². The van der Waals surface area contributed by atoms with Crippen molar-refractivity contribution in [1.82, 2.24) is 14.1 Å². The maximum atomic E-state index is 12.6. The number of hydrogen-bond acceptors (Lipinski definition) is 6. The fourth-order valence-electron chi connectivity index (χ4n) is 4.70. The topological polar surface area (TPSA) is 85.2 Å². The molecule has 0 unspecified atom stereocenters. The third kappa shape index (κ3) is 5.69. The second-order valence-corrected chi connectivity index (χ2v) is 11.2. The van der Waals surface area contributed by atoms with E-state index in [9.17, 15) is 8.42 Å². The van der Waals surface area contributed by atoms with Crippen LogP contribution in [0.2, 0.25) is 5.02 Å². The number of ether oxygens (including phenoxy) is 2. The summed E-state index contributed by atoms with van der Waals surface area (Å²) < 4.78 is 40.9. The molecule has 10 heteroatoms. The van der Waals surface area contributed by atoms with Gasteiger partial charge in [0.15, 0.2) is 0 Å². The summed E-state index contributed by atoms with van der Waals surface area (Å²) in [6.07, 6.45) is 5.39. The summed E-state index contributed by atoms with van der Waals surface area (Å²) in [5.41, 5.74) is 4.16. The molecule has 0 radical (unpaired) electrons. The SMILES string of the molecule is COc1cc(OC)c(-c2cn3ccc(N4CCC(NS(=O)(=O)Cc5ccccc5)CC4)cc3n2)cc1Cl. The first kappa shape index (κ1) is 25.4. The van der Waals surface area contributed by atoms with E-state index in [0.29, 0.717) is 16.5 Å². The number of nitrogens with zero attached hydrogens (tertiary/aromatic N) is 3. The van der Waals surface area contributed by atoms with Crippen LogP contribution in [0.5, 0.6) is 11.5 Å². The van der Waals surface area contributed by atoms with E-state index < -0.39 is 10.0 Å². The van der Waals surface area contributed by atoms with E-state index in [1.807, 2.05) is 53.2 Å². The van der Waals surface area contributed by atoms with Crippen LogP contribution in [-0.2, 0) is 15.8 Å². The van der Waals surface area contributed by atoms with Crippen molar-refractivity contribution < 1.29 is 17.9 Å². The van der Waals surface area contributed by atoms with Gasteiger partial charge in [-0.15, -0.1) is 0 Å². The van der Waals surface area contributed by atoms with Crippen molar-refractivity contribution in [2.45, 2.75) is 24.6 Å². The fraction of sp³-hybridized carbons (Fsp3) is 0.296. The Kier molecular flexibility index (Phi) is 7.28. The normalized spacial score (nSPS) is 14.7. The molecule has 2 aromatic heterocycles. The molecule has 1 aliphatic rings. The molecule has 1 N–H and O–H groups in total. The molecular formula is C27H29ClN4O4S. The zero-order valence-corrected chi connectivity index (χ0v) is 22.3. The number of fused-ring (bicyclic) bond motifs is 1. The van der Waals surface area contributed by atoms with E-state index >= 15 is 0 Å². The fourth-order valence-corrected chi connectivity index (χ4v) is 6.40. The molecule has 0 bridgehead atoms. The van der Waals surface area contributed by atoms with Crippen LogP contribution >= 0.6 is 11.6 Å². The molecule has 0 atom stereocenters. The third-order valence-electron chi connectivity index (χ3n) is 6.60. The molecule has 1 saturated heterocycles. The summed E-state index contributed by atoms with van der Waals surface area (Å²) in [5, 5.41) is 0.485. The summed E-state index contributed by atoms with van der Waals surface area (Å²) in [6, 6.07) is 16.8. The number of benzene rings is 2. The van der Waals surface area contributed by atoms with Crippen molar-refractivity contribution in [2.75, 3.05) is 32.2 Å². The maximum absolute atomic E-state index is 12.6. The smallest absolute Gasteiger partial charge is 0.216 e. The van der Waals surface area contributed by atoms with E-state index in [0.717, 1.165) is 54.1 Å². The summed E-state index contributed by atoms with van der Waals surface area (Å²) >= 11 is 6.36. The molecule has 0 amide bonds. The van der Waals surface area contributed by atoms with E-state index in [2.05, 4.69) is 15.7 Å². The quantitative estimate of drug-likeness (QED) is 0.347. The van der Waals surface area contributed by atoms with Crippen LogP contribution in [0.25, 0.3) is 16.9 Å². The van der Waals surface area contributed by atoms with Crippen LogP contribution in [0, 0.1) is 0 Å². The Morgan fingerprint density at radius 1 is 1.03 bits per heavy atom. The first-order chi connectivity index (χ1) is 17.8. The summed E-state index contributed by atoms with van der Waals surface area (Å²) in [4.78, 5) is 7.08. The molecule has 194 valence electrons. The molecule has 0 aliphatic carbocycles. The lowest BCUT2D eigenvalue weighted by Gasteiger charge is -2.33. The number of pyridine rings is 1. The van der Waals surface area contributed by atoms with E-state index in [1.165, 1.54) is 0 Å².